The van der Waals surface area contributed by atoms with Crippen LogP contribution >= 0.6 is 11.6 Å². The van der Waals surface area contributed by atoms with Crippen molar-refractivity contribution in [3.8, 4) is 5.75 Å². The fraction of sp³-hybridized carbons (Fsp3) is 0.273. The lowest BCUT2D eigenvalue weighted by Gasteiger charge is -2.07. The molecule has 8 heteroatoms. The van der Waals surface area contributed by atoms with Crippen LogP contribution in [-0.4, -0.2) is 29.7 Å². The van der Waals surface area contributed by atoms with E-state index in [1.165, 1.54) is 31.3 Å². The Morgan fingerprint density at radius 3 is 2.74 bits per heavy atom. The normalized spacial score (nSPS) is 14.1. The van der Waals surface area contributed by atoms with E-state index in [4.69, 9.17) is 17.4 Å². The Morgan fingerprint density at radius 2 is 2.21 bits per heavy atom. The number of hydrogen-bond acceptors (Lipinski definition) is 5. The smallest absolute Gasteiger partial charge is 0.387 e. The topological polar surface area (TPSA) is 80.2 Å². The molecule has 0 aromatic heterocycles. The fourth-order valence-electron chi connectivity index (χ4n) is 1.15. The van der Waals surface area contributed by atoms with Gasteiger partial charge in [0.25, 0.3) is 0 Å². The number of nitrogens with zero attached hydrogens (tertiary/aromatic N) is 2. The van der Waals surface area contributed by atoms with Gasteiger partial charge in [0, 0.05) is 6.07 Å². The average molecular weight is 292 g/mol. The highest BCUT2D eigenvalue weighted by atomic mass is 35.5. The van der Waals surface area contributed by atoms with Crippen molar-refractivity contribution in [2.75, 3.05) is 0 Å². The van der Waals surface area contributed by atoms with Gasteiger partial charge in [-0.3, -0.25) is 4.99 Å². The van der Waals surface area contributed by atoms with Crippen molar-refractivity contribution >= 4 is 29.2 Å². The molecular weight excluding hydrogens is 280 g/mol. The summed E-state index contributed by atoms with van der Waals surface area (Å²) in [4.78, 5) is 3.93. The summed E-state index contributed by atoms with van der Waals surface area (Å²) in [5, 5.41) is 12.6. The number of benzene rings is 1. The Hall–Kier alpha value is -1.73. The zero-order valence-corrected chi connectivity index (χ0v) is 10.7. The zero-order chi connectivity index (χ0) is 14.4. The molecule has 0 aliphatic rings. The van der Waals surface area contributed by atoms with E-state index in [1.807, 2.05) is 0 Å². The van der Waals surface area contributed by atoms with E-state index < -0.39 is 12.7 Å². The average Bonchev–Trinajstić information content (AvgIpc) is 2.32. The van der Waals surface area contributed by atoms with Crippen molar-refractivity contribution in [1.82, 2.24) is 0 Å². The van der Waals surface area contributed by atoms with Crippen LogP contribution < -0.4 is 10.6 Å². The number of aliphatic hydroxyl groups excluding tert-OH is 1. The highest BCUT2D eigenvalue weighted by Gasteiger charge is 2.09. The number of alkyl halides is 2. The van der Waals surface area contributed by atoms with Gasteiger partial charge in [-0.15, -0.1) is 0 Å². The van der Waals surface area contributed by atoms with E-state index in [0.717, 1.165) is 0 Å². The molecule has 0 unspecified atom stereocenters. The van der Waals surface area contributed by atoms with Crippen molar-refractivity contribution in [3.05, 3.63) is 23.2 Å². The van der Waals surface area contributed by atoms with Gasteiger partial charge in [-0.1, -0.05) is 11.6 Å². The second kappa shape index (κ2) is 7.01. The molecule has 19 heavy (non-hydrogen) atoms. The summed E-state index contributed by atoms with van der Waals surface area (Å²) in [6.07, 6.45) is 0.331. The summed E-state index contributed by atoms with van der Waals surface area (Å²) in [7, 11) is 0. The maximum atomic E-state index is 12.1. The summed E-state index contributed by atoms with van der Waals surface area (Å²) in [6, 6.07) is 4.10. The first-order valence-corrected chi connectivity index (χ1v) is 5.56. The zero-order valence-electron chi connectivity index (χ0n) is 9.93. The van der Waals surface area contributed by atoms with E-state index in [1.54, 1.807) is 0 Å². The number of rotatable bonds is 5. The number of nitrogens with two attached hydrogens (primary N) is 1. The minimum atomic E-state index is -2.98. The first-order chi connectivity index (χ1) is 8.93. The third kappa shape index (κ3) is 4.80. The predicted octanol–water partition coefficient (Wildman–Crippen LogP) is 2.34. The molecule has 0 aliphatic carbocycles. The lowest BCUT2D eigenvalue weighted by Crippen LogP contribution is -2.19. The molecule has 104 valence electrons. The first-order valence-electron chi connectivity index (χ1n) is 5.18. The van der Waals surface area contributed by atoms with Gasteiger partial charge in [-0.05, 0) is 19.1 Å². The molecule has 1 atom stereocenters. The highest BCUT2D eigenvalue weighted by molar-refractivity contribution is 6.33. The largest absolute Gasteiger partial charge is 0.433 e. The van der Waals surface area contributed by atoms with Crippen LogP contribution in [0.5, 0.6) is 5.75 Å². The van der Waals surface area contributed by atoms with Crippen LogP contribution in [0.4, 0.5) is 14.5 Å². The van der Waals surface area contributed by atoms with Crippen molar-refractivity contribution in [2.45, 2.75) is 19.6 Å². The number of aliphatic imine (C=N–C) groups is 1. The maximum absolute atomic E-state index is 12.1. The second-order valence-corrected chi connectivity index (χ2v) is 3.89. The van der Waals surface area contributed by atoms with Crippen LogP contribution in [0.2, 0.25) is 5.02 Å². The standard InChI is InChI=1S/C11H12ClF2N3O2/c1-6(18)9(17-15)5-16-7-2-3-8(12)10(4-7)19-11(13)14/h2-6,11,18H,15H2,1H3/t6-/m0/s1. The molecule has 0 aliphatic heterocycles. The minimum Gasteiger partial charge on any atom is -0.433 e. The van der Waals surface area contributed by atoms with Gasteiger partial charge in [-0.2, -0.15) is 13.9 Å². The highest BCUT2D eigenvalue weighted by Crippen LogP contribution is 2.30. The van der Waals surface area contributed by atoms with Crippen LogP contribution in [0, 0.1) is 0 Å². The lowest BCUT2D eigenvalue weighted by atomic mass is 10.2. The summed E-state index contributed by atoms with van der Waals surface area (Å²) in [5.74, 6) is 4.86. The summed E-state index contributed by atoms with van der Waals surface area (Å²) in [5.41, 5.74) is 0.452. The molecule has 5 nitrogen and oxygen atoms in total. The number of hydrogen-bond donors (Lipinski definition) is 2. The van der Waals surface area contributed by atoms with Gasteiger partial charge in [-0.25, -0.2) is 0 Å². The Kier molecular flexibility index (Phi) is 5.65. The van der Waals surface area contributed by atoms with Crippen LogP contribution in [0.1, 0.15) is 6.92 Å². The molecule has 0 saturated heterocycles. The van der Waals surface area contributed by atoms with Crippen molar-refractivity contribution in [2.24, 2.45) is 15.9 Å². The van der Waals surface area contributed by atoms with Crippen LogP contribution in [0.15, 0.2) is 28.3 Å². The summed E-state index contributed by atoms with van der Waals surface area (Å²) in [6.45, 7) is -1.51. The van der Waals surface area contributed by atoms with Gasteiger partial charge in [0.15, 0.2) is 0 Å². The number of hydrazone groups is 1. The first kappa shape index (κ1) is 15.3. The Bertz CT molecular complexity index is 493. The third-order valence-electron chi connectivity index (χ3n) is 2.05. The summed E-state index contributed by atoms with van der Waals surface area (Å²) >= 11 is 5.69. The molecule has 3 N–H and O–H groups in total. The van der Waals surface area contributed by atoms with Crippen LogP contribution in [-0.2, 0) is 0 Å². The lowest BCUT2D eigenvalue weighted by molar-refractivity contribution is -0.0497. The van der Waals surface area contributed by atoms with Gasteiger partial charge >= 0.3 is 6.61 Å². The second-order valence-electron chi connectivity index (χ2n) is 3.48. The van der Waals surface area contributed by atoms with Crippen LogP contribution in [0.3, 0.4) is 0 Å². The number of aliphatic hydroxyl groups is 1. The van der Waals surface area contributed by atoms with Crippen molar-refractivity contribution in [3.63, 3.8) is 0 Å². The third-order valence-corrected chi connectivity index (χ3v) is 2.37. The Morgan fingerprint density at radius 1 is 1.53 bits per heavy atom. The van der Waals surface area contributed by atoms with E-state index in [2.05, 4.69) is 14.8 Å². The van der Waals surface area contributed by atoms with Crippen LogP contribution in [0.25, 0.3) is 0 Å². The molecule has 0 heterocycles. The molecule has 0 amide bonds. The fourth-order valence-corrected chi connectivity index (χ4v) is 1.31. The monoisotopic (exact) mass is 291 g/mol. The summed E-state index contributed by atoms with van der Waals surface area (Å²) < 4.78 is 28.5. The van der Waals surface area contributed by atoms with E-state index >= 15 is 0 Å². The predicted molar refractivity (Wildman–Crippen MR) is 69.5 cm³/mol. The molecule has 0 fully saturated rings. The number of halogens is 3. The van der Waals surface area contributed by atoms with Gasteiger partial charge in [0.1, 0.15) is 11.5 Å². The van der Waals surface area contributed by atoms with Gasteiger partial charge in [0.05, 0.1) is 23.0 Å². The molecule has 0 saturated carbocycles. The molecule has 1 rings (SSSR count). The maximum Gasteiger partial charge on any atom is 0.387 e. The molecule has 0 radical (unpaired) electrons. The molecular formula is C11H12ClF2N3O2. The minimum absolute atomic E-state index is 0.0440. The van der Waals surface area contributed by atoms with Gasteiger partial charge in [0.2, 0.25) is 0 Å². The Labute approximate surface area is 113 Å². The SMILES string of the molecule is C[C@H](O)C(C=Nc1ccc(Cl)c(OC(F)F)c1)=NN. The molecule has 1 aromatic rings. The van der Waals surface area contributed by atoms with E-state index in [9.17, 15) is 13.9 Å². The quantitative estimate of drug-likeness (QED) is 0.496. The molecule has 1 aromatic carbocycles. The van der Waals surface area contributed by atoms with E-state index in [-0.39, 0.29) is 16.5 Å². The number of ether oxygens (including phenoxy) is 1. The van der Waals surface area contributed by atoms with E-state index in [0.29, 0.717) is 5.69 Å². The van der Waals surface area contributed by atoms with Crippen molar-refractivity contribution < 1.29 is 18.6 Å². The molecule has 0 bridgehead atoms. The Balaban J connectivity index is 2.94. The van der Waals surface area contributed by atoms with Gasteiger partial charge < -0.3 is 15.7 Å². The molecule has 0 spiro atoms. The van der Waals surface area contributed by atoms with Crippen molar-refractivity contribution in [1.29, 1.82) is 0 Å².